The van der Waals surface area contributed by atoms with Crippen molar-refractivity contribution >= 4 is 17.7 Å². The second kappa shape index (κ2) is 6.51. The van der Waals surface area contributed by atoms with Crippen molar-refractivity contribution in [2.24, 2.45) is 0 Å². The first-order valence-corrected chi connectivity index (χ1v) is 7.23. The maximum atomic E-state index is 4.43. The second-order valence-corrected chi connectivity index (χ2v) is 5.83. The van der Waals surface area contributed by atoms with Crippen LogP contribution in [-0.4, -0.2) is 36.5 Å². The van der Waals surface area contributed by atoms with Crippen LogP contribution in [-0.2, 0) is 0 Å². The fourth-order valence-electron chi connectivity index (χ4n) is 1.41. The van der Waals surface area contributed by atoms with E-state index in [9.17, 15) is 0 Å². The Kier molecular flexibility index (Phi) is 4.73. The van der Waals surface area contributed by atoms with Crippen molar-refractivity contribution in [1.82, 2.24) is 24.7 Å². The van der Waals surface area contributed by atoms with Crippen LogP contribution in [0.25, 0.3) is 5.95 Å². The number of aromatic nitrogens is 5. The molecule has 0 bridgehead atoms. The summed E-state index contributed by atoms with van der Waals surface area (Å²) in [5, 5.41) is 8.49. The normalized spacial score (nSPS) is 10.9. The van der Waals surface area contributed by atoms with Gasteiger partial charge in [0, 0.05) is 24.2 Å². The zero-order valence-corrected chi connectivity index (χ0v) is 12.2. The van der Waals surface area contributed by atoms with Crippen LogP contribution in [0.5, 0.6) is 0 Å². The summed E-state index contributed by atoms with van der Waals surface area (Å²) in [6, 6.07) is 1.85. The lowest BCUT2D eigenvalue weighted by Gasteiger charge is -2.09. The predicted octanol–water partition coefficient (Wildman–Crippen LogP) is 2.38. The van der Waals surface area contributed by atoms with Gasteiger partial charge in [-0.05, 0) is 12.5 Å². The van der Waals surface area contributed by atoms with Crippen LogP contribution in [0.1, 0.15) is 27.2 Å². The molecule has 6 nitrogen and oxygen atoms in total. The van der Waals surface area contributed by atoms with Gasteiger partial charge in [-0.1, -0.05) is 32.5 Å². The van der Waals surface area contributed by atoms with Crippen LogP contribution >= 0.6 is 11.8 Å². The Hall–Kier alpha value is -1.63. The van der Waals surface area contributed by atoms with E-state index in [1.54, 1.807) is 22.6 Å². The summed E-state index contributed by atoms with van der Waals surface area (Å²) in [6.45, 7) is 7.17. The molecule has 0 fully saturated rings. The molecule has 2 rings (SSSR count). The summed E-state index contributed by atoms with van der Waals surface area (Å²) >= 11 is 1.61. The molecule has 102 valence electrons. The van der Waals surface area contributed by atoms with Gasteiger partial charge in [-0.25, -0.2) is 4.68 Å². The highest BCUT2D eigenvalue weighted by Crippen LogP contribution is 2.20. The average Bonchev–Trinajstić information content (AvgIpc) is 2.89. The Morgan fingerprint density at radius 1 is 1.32 bits per heavy atom. The molecule has 0 saturated heterocycles. The van der Waals surface area contributed by atoms with Crippen LogP contribution in [0.2, 0.25) is 0 Å². The van der Waals surface area contributed by atoms with Crippen LogP contribution in [0.15, 0.2) is 23.6 Å². The fraction of sp³-hybridized carbons (Fsp3) is 0.500. The number of rotatable bonds is 6. The van der Waals surface area contributed by atoms with Gasteiger partial charge in [0.15, 0.2) is 5.16 Å². The van der Waals surface area contributed by atoms with Crippen molar-refractivity contribution in [2.75, 3.05) is 11.9 Å². The Morgan fingerprint density at radius 3 is 2.79 bits per heavy atom. The molecule has 0 atom stereocenters. The molecule has 0 aliphatic heterocycles. The van der Waals surface area contributed by atoms with Crippen molar-refractivity contribution in [2.45, 2.75) is 37.6 Å². The highest BCUT2D eigenvalue weighted by molar-refractivity contribution is 7.99. The minimum Gasteiger partial charge on any atom is -0.354 e. The number of hydrogen-bond acceptors (Lipinski definition) is 6. The van der Waals surface area contributed by atoms with Gasteiger partial charge in [0.2, 0.25) is 5.95 Å². The first kappa shape index (κ1) is 13.8. The number of nitrogens with zero attached hydrogens (tertiary/aromatic N) is 5. The molecule has 0 amide bonds. The summed E-state index contributed by atoms with van der Waals surface area (Å²) < 4.78 is 1.64. The maximum Gasteiger partial charge on any atom is 0.256 e. The Morgan fingerprint density at radius 2 is 2.16 bits per heavy atom. The second-order valence-electron chi connectivity index (χ2n) is 4.29. The summed E-state index contributed by atoms with van der Waals surface area (Å²) in [4.78, 5) is 13.2. The van der Waals surface area contributed by atoms with E-state index in [1.807, 2.05) is 12.3 Å². The van der Waals surface area contributed by atoms with Gasteiger partial charge >= 0.3 is 0 Å². The molecule has 7 heteroatoms. The number of anilines is 1. The third kappa shape index (κ3) is 3.92. The molecule has 2 heterocycles. The zero-order chi connectivity index (χ0) is 13.7. The van der Waals surface area contributed by atoms with E-state index in [4.69, 9.17) is 0 Å². The molecule has 0 unspecified atom stereocenters. The summed E-state index contributed by atoms with van der Waals surface area (Å²) in [5.74, 6) is 1.15. The third-order valence-corrected chi connectivity index (χ3v) is 3.05. The van der Waals surface area contributed by atoms with E-state index in [0.29, 0.717) is 22.3 Å². The molecular weight excluding hydrogens is 260 g/mol. The van der Waals surface area contributed by atoms with Crippen molar-refractivity contribution in [1.29, 1.82) is 0 Å². The summed E-state index contributed by atoms with van der Waals surface area (Å²) in [5.41, 5.74) is 0. The van der Waals surface area contributed by atoms with Crippen molar-refractivity contribution in [3.05, 3.63) is 18.5 Å². The van der Waals surface area contributed by atoms with Crippen LogP contribution < -0.4 is 5.32 Å². The maximum absolute atomic E-state index is 4.43. The number of hydrogen-bond donors (Lipinski definition) is 1. The van der Waals surface area contributed by atoms with Gasteiger partial charge in [0.1, 0.15) is 0 Å². The molecule has 0 aromatic carbocycles. The van der Waals surface area contributed by atoms with E-state index >= 15 is 0 Å². The molecule has 2 aromatic heterocycles. The fourth-order valence-corrected chi connectivity index (χ4v) is 2.11. The monoisotopic (exact) mass is 278 g/mol. The van der Waals surface area contributed by atoms with Crippen molar-refractivity contribution in [3.8, 4) is 5.95 Å². The third-order valence-electron chi connectivity index (χ3n) is 2.19. The van der Waals surface area contributed by atoms with Gasteiger partial charge in [-0.3, -0.25) is 0 Å². The van der Waals surface area contributed by atoms with E-state index in [0.717, 1.165) is 13.0 Å². The summed E-state index contributed by atoms with van der Waals surface area (Å²) in [6.07, 6.45) is 4.55. The van der Waals surface area contributed by atoms with E-state index in [2.05, 4.69) is 46.1 Å². The average molecular weight is 278 g/mol. The molecule has 0 aliphatic carbocycles. The standard InChI is InChI=1S/C12H18N6S/c1-4-6-13-10-15-11(18-8-5-7-14-18)17-12(16-10)19-9(2)3/h5,7-9H,4,6H2,1-3H3,(H,13,15,16,17). The molecular formula is C12H18N6S. The van der Waals surface area contributed by atoms with E-state index in [1.165, 1.54) is 0 Å². The smallest absolute Gasteiger partial charge is 0.256 e. The molecule has 0 radical (unpaired) electrons. The van der Waals surface area contributed by atoms with Gasteiger partial charge in [0.05, 0.1) is 0 Å². The largest absolute Gasteiger partial charge is 0.354 e. The SMILES string of the molecule is CCCNc1nc(SC(C)C)nc(-n2cccn2)n1. The predicted molar refractivity (Wildman–Crippen MR) is 76.7 cm³/mol. The van der Waals surface area contributed by atoms with Crippen LogP contribution in [0.3, 0.4) is 0 Å². The molecule has 19 heavy (non-hydrogen) atoms. The van der Waals surface area contributed by atoms with Crippen LogP contribution in [0.4, 0.5) is 5.95 Å². The molecule has 2 aromatic rings. The number of thioether (sulfide) groups is 1. The van der Waals surface area contributed by atoms with Gasteiger partial charge in [-0.15, -0.1) is 0 Å². The lowest BCUT2D eigenvalue weighted by molar-refractivity contribution is 0.757. The zero-order valence-electron chi connectivity index (χ0n) is 11.4. The first-order chi connectivity index (χ1) is 9.19. The van der Waals surface area contributed by atoms with E-state index < -0.39 is 0 Å². The van der Waals surface area contributed by atoms with Gasteiger partial charge in [-0.2, -0.15) is 20.1 Å². The lowest BCUT2D eigenvalue weighted by atomic mass is 10.5. The Balaban J connectivity index is 2.31. The first-order valence-electron chi connectivity index (χ1n) is 6.35. The Bertz CT molecular complexity index is 511. The van der Waals surface area contributed by atoms with Crippen molar-refractivity contribution in [3.63, 3.8) is 0 Å². The highest BCUT2D eigenvalue weighted by atomic mass is 32.2. The molecule has 1 N–H and O–H groups in total. The van der Waals surface area contributed by atoms with Crippen molar-refractivity contribution < 1.29 is 0 Å². The quantitative estimate of drug-likeness (QED) is 0.818. The van der Waals surface area contributed by atoms with E-state index in [-0.39, 0.29) is 0 Å². The topological polar surface area (TPSA) is 68.5 Å². The molecule has 0 spiro atoms. The minimum absolute atomic E-state index is 0.423. The summed E-state index contributed by atoms with van der Waals surface area (Å²) in [7, 11) is 0. The van der Waals surface area contributed by atoms with Gasteiger partial charge < -0.3 is 5.32 Å². The Labute approximate surface area is 117 Å². The van der Waals surface area contributed by atoms with Gasteiger partial charge in [0.25, 0.3) is 5.95 Å². The van der Waals surface area contributed by atoms with Crippen LogP contribution in [0, 0.1) is 0 Å². The minimum atomic E-state index is 0.423. The molecule has 0 aliphatic rings. The number of nitrogens with one attached hydrogen (secondary N) is 1. The molecule has 0 saturated carbocycles. The highest BCUT2D eigenvalue weighted by Gasteiger charge is 2.10. The lowest BCUT2D eigenvalue weighted by Crippen LogP contribution is -2.11.